The Balaban J connectivity index is 1.97. The Hall–Kier alpha value is -4.07. The highest BCUT2D eigenvalue weighted by Gasteiger charge is 2.34. The Kier molecular flexibility index (Phi) is 8.89. The maximum atomic E-state index is 13.7. The lowest BCUT2D eigenvalue weighted by atomic mass is 10.00. The van der Waals surface area contributed by atoms with Crippen molar-refractivity contribution < 1.29 is 18.8 Å². The predicted octanol–water partition coefficient (Wildman–Crippen LogP) is 4.86. The molecule has 0 aliphatic carbocycles. The zero-order valence-electron chi connectivity index (χ0n) is 20.9. The lowest BCUT2D eigenvalue weighted by molar-refractivity contribution is -0.127. The minimum absolute atomic E-state index is 0.0985. The van der Waals surface area contributed by atoms with Crippen LogP contribution in [-0.2, 0) is 14.4 Å². The van der Waals surface area contributed by atoms with Gasteiger partial charge in [0.05, 0.1) is 0 Å². The second-order valence-corrected chi connectivity index (χ2v) is 8.93. The van der Waals surface area contributed by atoms with Crippen LogP contribution in [0.4, 0.5) is 15.9 Å². The summed E-state index contributed by atoms with van der Waals surface area (Å²) in [6.07, 6.45) is 1.32. The highest BCUT2D eigenvalue weighted by molar-refractivity contribution is 6.03. The fourth-order valence-corrected chi connectivity index (χ4v) is 3.90. The van der Waals surface area contributed by atoms with Crippen molar-refractivity contribution in [3.8, 4) is 0 Å². The largest absolute Gasteiger partial charge is 0.352 e. The minimum Gasteiger partial charge on any atom is -0.352 e. The molecule has 36 heavy (non-hydrogen) atoms. The molecule has 1 atom stereocenters. The van der Waals surface area contributed by atoms with E-state index in [0.29, 0.717) is 17.1 Å². The maximum absolute atomic E-state index is 13.7. The molecule has 0 saturated carbocycles. The predicted molar refractivity (Wildman–Crippen MR) is 138 cm³/mol. The first-order valence-electron chi connectivity index (χ1n) is 11.8. The Labute approximate surface area is 210 Å². The number of nitrogens with zero attached hydrogens (tertiary/aromatic N) is 2. The van der Waals surface area contributed by atoms with Gasteiger partial charge in [0.2, 0.25) is 17.7 Å². The van der Waals surface area contributed by atoms with Crippen molar-refractivity contribution in [2.24, 2.45) is 0 Å². The van der Waals surface area contributed by atoms with Crippen LogP contribution in [0.25, 0.3) is 0 Å². The standard InChI is InChI=1S/C28H31FN4O3/c1-18(2)31-28(36)27(21-9-11-22(29)12-10-21)33(23-13-8-19(3)17-20(23)4)26(35)15-14-25(34)32-24-7-5-6-16-30-24/h5-13,16-18,27H,14-15H2,1-4H3,(H,31,36)(H,30,32,34). The molecule has 0 aliphatic heterocycles. The molecule has 1 unspecified atom stereocenters. The minimum atomic E-state index is -1.05. The van der Waals surface area contributed by atoms with Gasteiger partial charge in [-0.3, -0.25) is 19.3 Å². The van der Waals surface area contributed by atoms with E-state index in [0.717, 1.165) is 11.1 Å². The van der Waals surface area contributed by atoms with Gasteiger partial charge in [0.15, 0.2) is 0 Å². The van der Waals surface area contributed by atoms with Gasteiger partial charge in [0, 0.05) is 30.8 Å². The number of hydrogen-bond acceptors (Lipinski definition) is 4. The van der Waals surface area contributed by atoms with Crippen LogP contribution in [0, 0.1) is 19.7 Å². The number of amides is 3. The highest BCUT2D eigenvalue weighted by Crippen LogP contribution is 2.32. The monoisotopic (exact) mass is 490 g/mol. The summed E-state index contributed by atoms with van der Waals surface area (Å²) < 4.78 is 13.7. The normalized spacial score (nSPS) is 11.6. The number of aryl methyl sites for hydroxylation is 2. The van der Waals surface area contributed by atoms with E-state index in [1.54, 1.807) is 30.5 Å². The summed E-state index contributed by atoms with van der Waals surface area (Å²) in [5.41, 5.74) is 2.80. The fourth-order valence-electron chi connectivity index (χ4n) is 3.90. The van der Waals surface area contributed by atoms with E-state index in [1.807, 2.05) is 39.8 Å². The van der Waals surface area contributed by atoms with Gasteiger partial charge in [-0.05, 0) is 69.2 Å². The molecule has 0 bridgehead atoms. The highest BCUT2D eigenvalue weighted by atomic mass is 19.1. The van der Waals surface area contributed by atoms with Gasteiger partial charge in [-0.15, -0.1) is 0 Å². The lowest BCUT2D eigenvalue weighted by Crippen LogP contribution is -2.46. The number of rotatable bonds is 9. The summed E-state index contributed by atoms with van der Waals surface area (Å²) in [6, 6.07) is 15.0. The Morgan fingerprint density at radius 3 is 2.31 bits per heavy atom. The van der Waals surface area contributed by atoms with Crippen LogP contribution in [0.5, 0.6) is 0 Å². The van der Waals surface area contributed by atoms with Crippen molar-refractivity contribution in [2.75, 3.05) is 10.2 Å². The molecule has 1 aromatic heterocycles. The van der Waals surface area contributed by atoms with Crippen LogP contribution in [0.3, 0.4) is 0 Å². The number of aromatic nitrogens is 1. The smallest absolute Gasteiger partial charge is 0.248 e. The molecule has 0 aliphatic rings. The summed E-state index contributed by atoms with van der Waals surface area (Å²) in [4.78, 5) is 45.1. The zero-order valence-corrected chi connectivity index (χ0v) is 20.9. The summed E-state index contributed by atoms with van der Waals surface area (Å²) in [5, 5.41) is 5.54. The molecule has 3 rings (SSSR count). The van der Waals surface area contributed by atoms with Gasteiger partial charge in [-0.1, -0.05) is 35.9 Å². The Morgan fingerprint density at radius 1 is 0.972 bits per heavy atom. The van der Waals surface area contributed by atoms with Crippen molar-refractivity contribution >= 4 is 29.2 Å². The van der Waals surface area contributed by atoms with Crippen molar-refractivity contribution in [3.63, 3.8) is 0 Å². The summed E-state index contributed by atoms with van der Waals surface area (Å²) in [7, 11) is 0. The molecule has 0 radical (unpaired) electrons. The van der Waals surface area contributed by atoms with Crippen LogP contribution in [0.15, 0.2) is 66.9 Å². The number of carbonyl (C=O) groups is 3. The molecule has 7 nitrogen and oxygen atoms in total. The third-order valence-corrected chi connectivity index (χ3v) is 5.50. The molecular weight excluding hydrogens is 459 g/mol. The van der Waals surface area contributed by atoms with Crippen molar-refractivity contribution in [1.29, 1.82) is 0 Å². The molecule has 1 heterocycles. The average Bonchev–Trinajstić information content (AvgIpc) is 2.82. The number of anilines is 2. The van der Waals surface area contributed by atoms with Crippen LogP contribution >= 0.6 is 0 Å². The molecule has 2 aromatic carbocycles. The molecule has 3 aromatic rings. The first-order chi connectivity index (χ1) is 17.2. The Bertz CT molecular complexity index is 1210. The van der Waals surface area contributed by atoms with E-state index in [2.05, 4.69) is 15.6 Å². The number of benzene rings is 2. The molecule has 2 N–H and O–H groups in total. The molecular formula is C28H31FN4O3. The molecule has 3 amide bonds. The molecule has 0 fully saturated rings. The van der Waals surface area contributed by atoms with Crippen LogP contribution in [0.2, 0.25) is 0 Å². The topological polar surface area (TPSA) is 91.4 Å². The molecule has 188 valence electrons. The second-order valence-electron chi connectivity index (χ2n) is 8.93. The van der Waals surface area contributed by atoms with Gasteiger partial charge < -0.3 is 10.6 Å². The molecule has 0 saturated heterocycles. The van der Waals surface area contributed by atoms with Gasteiger partial charge in [-0.2, -0.15) is 0 Å². The van der Waals surface area contributed by atoms with Crippen LogP contribution in [0.1, 0.15) is 49.4 Å². The van der Waals surface area contributed by atoms with Crippen LogP contribution < -0.4 is 15.5 Å². The third kappa shape index (κ3) is 6.97. The first kappa shape index (κ1) is 26.5. The number of hydrogen-bond donors (Lipinski definition) is 2. The molecule has 8 heteroatoms. The van der Waals surface area contributed by atoms with Gasteiger partial charge in [0.1, 0.15) is 17.7 Å². The van der Waals surface area contributed by atoms with E-state index < -0.39 is 23.7 Å². The van der Waals surface area contributed by atoms with Crippen molar-refractivity contribution in [2.45, 2.75) is 52.6 Å². The van der Waals surface area contributed by atoms with Gasteiger partial charge in [0.25, 0.3) is 0 Å². The number of carbonyl (C=O) groups excluding carboxylic acids is 3. The summed E-state index contributed by atoms with van der Waals surface area (Å²) >= 11 is 0. The van der Waals surface area contributed by atoms with E-state index in [4.69, 9.17) is 0 Å². The fraction of sp³-hybridized carbons (Fsp3) is 0.286. The SMILES string of the molecule is Cc1ccc(N(C(=O)CCC(=O)Nc2ccccn2)C(C(=O)NC(C)C)c2ccc(F)cc2)c(C)c1. The summed E-state index contributed by atoms with van der Waals surface area (Å²) in [5.74, 6) is -1.24. The van der Waals surface area contributed by atoms with Crippen LogP contribution in [-0.4, -0.2) is 28.7 Å². The molecule has 0 spiro atoms. The van der Waals surface area contributed by atoms with Gasteiger partial charge >= 0.3 is 0 Å². The number of pyridine rings is 1. The maximum Gasteiger partial charge on any atom is 0.248 e. The first-order valence-corrected chi connectivity index (χ1v) is 11.8. The van der Waals surface area contributed by atoms with Crippen molar-refractivity contribution in [3.05, 3.63) is 89.4 Å². The second kappa shape index (κ2) is 12.1. The average molecular weight is 491 g/mol. The Morgan fingerprint density at radius 2 is 1.69 bits per heavy atom. The lowest BCUT2D eigenvalue weighted by Gasteiger charge is -2.33. The quantitative estimate of drug-likeness (QED) is 0.448. The zero-order chi connectivity index (χ0) is 26.2. The number of nitrogens with one attached hydrogen (secondary N) is 2. The number of halogens is 1. The third-order valence-electron chi connectivity index (χ3n) is 5.50. The van der Waals surface area contributed by atoms with E-state index >= 15 is 0 Å². The van der Waals surface area contributed by atoms with Crippen molar-refractivity contribution in [1.82, 2.24) is 10.3 Å². The van der Waals surface area contributed by atoms with E-state index in [9.17, 15) is 18.8 Å². The van der Waals surface area contributed by atoms with E-state index in [1.165, 1.54) is 29.2 Å². The summed E-state index contributed by atoms with van der Waals surface area (Å²) in [6.45, 7) is 7.45. The van der Waals surface area contributed by atoms with E-state index in [-0.39, 0.29) is 24.8 Å². The van der Waals surface area contributed by atoms with Gasteiger partial charge in [-0.25, -0.2) is 9.37 Å².